The summed E-state index contributed by atoms with van der Waals surface area (Å²) in [4.78, 5) is 30.4. The fourth-order valence-corrected chi connectivity index (χ4v) is 4.10. The molecule has 2 aromatic rings. The summed E-state index contributed by atoms with van der Waals surface area (Å²) in [6.07, 6.45) is 3.74. The van der Waals surface area contributed by atoms with Crippen LogP contribution in [0, 0.1) is 0 Å². The van der Waals surface area contributed by atoms with Crippen molar-refractivity contribution in [2.45, 2.75) is 65.8 Å². The maximum Gasteiger partial charge on any atom is 0.322 e. The molecule has 0 spiro atoms. The van der Waals surface area contributed by atoms with E-state index >= 15 is 0 Å². The van der Waals surface area contributed by atoms with Crippen molar-refractivity contribution < 1.29 is 14.3 Å². The van der Waals surface area contributed by atoms with Crippen LogP contribution in [0.4, 0.5) is 10.5 Å². The number of carbonyl (C=O) groups is 2. The highest BCUT2D eigenvalue weighted by atomic mass is 16.5. The number of unbranched alkanes of at least 4 members (excludes halogenated alkanes) is 1. The maximum atomic E-state index is 13.5. The molecule has 0 bridgehead atoms. The molecule has 1 heterocycles. The lowest BCUT2D eigenvalue weighted by molar-refractivity contribution is -0.133. The van der Waals surface area contributed by atoms with Crippen LogP contribution in [0.25, 0.3) is 0 Å². The van der Waals surface area contributed by atoms with Crippen molar-refractivity contribution >= 4 is 17.6 Å². The van der Waals surface area contributed by atoms with E-state index in [9.17, 15) is 9.59 Å². The highest BCUT2D eigenvalue weighted by molar-refractivity contribution is 5.94. The molecule has 0 saturated heterocycles. The summed E-state index contributed by atoms with van der Waals surface area (Å²) in [5.74, 6) is 0.449. The average Bonchev–Trinajstić information content (AvgIpc) is 3.22. The highest BCUT2D eigenvalue weighted by Crippen LogP contribution is 2.32. The predicted octanol–water partition coefficient (Wildman–Crippen LogP) is 5.58. The molecule has 1 N–H and O–H groups in total. The normalized spacial score (nSPS) is 11.2. The smallest absolute Gasteiger partial charge is 0.322 e. The molecule has 1 aromatic carbocycles. The maximum absolute atomic E-state index is 13.5. The summed E-state index contributed by atoms with van der Waals surface area (Å²) in [5, 5.41) is 3.18. The Morgan fingerprint density at radius 3 is 2.17 bits per heavy atom. The second-order valence-corrected chi connectivity index (χ2v) is 9.74. The molecule has 0 aliphatic heterocycles. The van der Waals surface area contributed by atoms with Gasteiger partial charge in [0.05, 0.1) is 13.2 Å². The van der Waals surface area contributed by atoms with Gasteiger partial charge in [0.25, 0.3) is 0 Å². The monoisotopic (exact) mass is 484 g/mol. The Morgan fingerprint density at radius 2 is 1.66 bits per heavy atom. The number of anilines is 1. The number of rotatable bonds is 13. The molecule has 0 aliphatic rings. The Bertz CT molecular complexity index is 925. The van der Waals surface area contributed by atoms with Crippen molar-refractivity contribution in [2.75, 3.05) is 38.7 Å². The summed E-state index contributed by atoms with van der Waals surface area (Å²) in [6.45, 7) is 12.5. The molecule has 0 radical (unpaired) electrons. The molecule has 0 saturated carbocycles. The van der Waals surface area contributed by atoms with Crippen molar-refractivity contribution in [3.63, 3.8) is 0 Å². The number of benzene rings is 1. The van der Waals surface area contributed by atoms with Crippen LogP contribution in [-0.2, 0) is 23.1 Å². The van der Waals surface area contributed by atoms with Gasteiger partial charge in [-0.05, 0) is 41.5 Å². The van der Waals surface area contributed by atoms with Crippen LogP contribution in [0.3, 0.4) is 0 Å². The highest BCUT2D eigenvalue weighted by Gasteiger charge is 2.24. The van der Waals surface area contributed by atoms with Crippen molar-refractivity contribution in [3.05, 3.63) is 53.3 Å². The molecule has 3 amide bonds. The van der Waals surface area contributed by atoms with E-state index in [0.717, 1.165) is 35.3 Å². The van der Waals surface area contributed by atoms with Gasteiger partial charge in [-0.1, -0.05) is 59.2 Å². The number of aryl methyl sites for hydroxylation is 1. The second kappa shape index (κ2) is 13.9. The third kappa shape index (κ3) is 8.13. The van der Waals surface area contributed by atoms with Crippen LogP contribution in [0.5, 0.6) is 0 Å². The lowest BCUT2D eigenvalue weighted by Crippen LogP contribution is -2.45. The summed E-state index contributed by atoms with van der Waals surface area (Å²) in [6, 6.07) is 9.93. The van der Waals surface area contributed by atoms with Crippen LogP contribution in [0.1, 0.15) is 76.1 Å². The number of methoxy groups -OCH3 is 1. The molecule has 0 aliphatic carbocycles. The van der Waals surface area contributed by atoms with Gasteiger partial charge in [0, 0.05) is 44.8 Å². The molecule has 35 heavy (non-hydrogen) atoms. The SMILES string of the molecule is CCCCN(CC(=O)N(CCOC)Cc1cccn1C)C(=O)Nc1c(C(C)C)cccc1C(C)C. The summed E-state index contributed by atoms with van der Waals surface area (Å²) < 4.78 is 7.25. The predicted molar refractivity (Wildman–Crippen MR) is 143 cm³/mol. The van der Waals surface area contributed by atoms with Gasteiger partial charge in [0.15, 0.2) is 0 Å². The average molecular weight is 485 g/mol. The fraction of sp³-hybridized carbons (Fsp3) is 0.571. The number of urea groups is 1. The first-order valence-electron chi connectivity index (χ1n) is 12.7. The zero-order valence-electron chi connectivity index (χ0n) is 22.6. The minimum atomic E-state index is -0.229. The number of amides is 3. The van der Waals surface area contributed by atoms with Crippen LogP contribution < -0.4 is 5.32 Å². The fourth-order valence-electron chi connectivity index (χ4n) is 4.10. The van der Waals surface area contributed by atoms with Gasteiger partial charge in [-0.15, -0.1) is 0 Å². The van der Waals surface area contributed by atoms with Gasteiger partial charge in [-0.3, -0.25) is 4.79 Å². The van der Waals surface area contributed by atoms with Gasteiger partial charge in [0.2, 0.25) is 5.91 Å². The Balaban J connectivity index is 2.26. The number of para-hydroxylation sites is 1. The lowest BCUT2D eigenvalue weighted by Gasteiger charge is -2.29. The van der Waals surface area contributed by atoms with E-state index in [1.807, 2.05) is 29.9 Å². The molecule has 7 heteroatoms. The lowest BCUT2D eigenvalue weighted by atomic mass is 9.93. The minimum Gasteiger partial charge on any atom is -0.383 e. The van der Waals surface area contributed by atoms with Gasteiger partial charge >= 0.3 is 6.03 Å². The van der Waals surface area contributed by atoms with Crippen LogP contribution in [0.2, 0.25) is 0 Å². The van der Waals surface area contributed by atoms with E-state index in [1.54, 1.807) is 16.9 Å². The molecule has 7 nitrogen and oxygen atoms in total. The molecule has 0 fully saturated rings. The van der Waals surface area contributed by atoms with Crippen LogP contribution >= 0.6 is 0 Å². The Labute approximate surface area is 211 Å². The summed E-state index contributed by atoms with van der Waals surface area (Å²) in [5.41, 5.74) is 4.12. The van der Waals surface area contributed by atoms with E-state index in [-0.39, 0.29) is 30.3 Å². The number of nitrogens with one attached hydrogen (secondary N) is 1. The number of hydrogen-bond donors (Lipinski definition) is 1. The molecule has 2 rings (SSSR count). The third-order valence-electron chi connectivity index (χ3n) is 6.32. The van der Waals surface area contributed by atoms with Crippen LogP contribution in [0.15, 0.2) is 36.5 Å². The summed E-state index contributed by atoms with van der Waals surface area (Å²) in [7, 11) is 3.60. The molecule has 194 valence electrons. The quantitative estimate of drug-likeness (QED) is 0.403. The molecule has 0 atom stereocenters. The first-order chi connectivity index (χ1) is 16.7. The van der Waals surface area contributed by atoms with Gasteiger partial charge in [0.1, 0.15) is 6.54 Å². The number of hydrogen-bond acceptors (Lipinski definition) is 3. The first-order valence-corrected chi connectivity index (χ1v) is 12.7. The van der Waals surface area contributed by atoms with Crippen LogP contribution in [-0.4, -0.2) is 59.7 Å². The number of carbonyl (C=O) groups excluding carboxylic acids is 2. The Morgan fingerprint density at radius 1 is 1.00 bits per heavy atom. The Kier molecular flexibility index (Phi) is 11.3. The molecular formula is C28H44N4O3. The first kappa shape index (κ1) is 28.4. The molecule has 1 aromatic heterocycles. The number of aromatic nitrogens is 1. The van der Waals surface area contributed by atoms with Gasteiger partial charge in [-0.2, -0.15) is 0 Å². The largest absolute Gasteiger partial charge is 0.383 e. The van der Waals surface area contributed by atoms with Crippen molar-refractivity contribution in [3.8, 4) is 0 Å². The minimum absolute atomic E-state index is 0.0286. The van der Waals surface area contributed by atoms with Gasteiger partial charge < -0.3 is 24.4 Å². The van der Waals surface area contributed by atoms with E-state index in [1.165, 1.54) is 0 Å². The van der Waals surface area contributed by atoms with E-state index in [2.05, 4.69) is 58.1 Å². The zero-order valence-corrected chi connectivity index (χ0v) is 22.6. The Hall–Kier alpha value is -2.80. The van der Waals surface area contributed by atoms with E-state index in [4.69, 9.17) is 4.74 Å². The standard InChI is InChI=1S/C28H44N4O3/c1-8-9-16-32(20-26(33)31(17-18-35-7)19-23-12-11-15-30(23)6)28(34)29-27-24(21(2)3)13-10-14-25(27)22(4)5/h10-15,21-22H,8-9,16-20H2,1-7H3,(H,29,34). The summed E-state index contributed by atoms with van der Waals surface area (Å²) >= 11 is 0. The molecule has 0 unspecified atom stereocenters. The molecular weight excluding hydrogens is 440 g/mol. The number of ether oxygens (including phenoxy) is 1. The number of nitrogens with zero attached hydrogens (tertiary/aromatic N) is 3. The van der Waals surface area contributed by atoms with E-state index in [0.29, 0.717) is 26.2 Å². The third-order valence-corrected chi connectivity index (χ3v) is 6.32. The second-order valence-electron chi connectivity index (χ2n) is 9.74. The topological polar surface area (TPSA) is 66.8 Å². The van der Waals surface area contributed by atoms with Crippen molar-refractivity contribution in [1.82, 2.24) is 14.4 Å². The van der Waals surface area contributed by atoms with E-state index < -0.39 is 0 Å². The zero-order chi connectivity index (χ0) is 26.0. The van der Waals surface area contributed by atoms with Crippen molar-refractivity contribution in [1.29, 1.82) is 0 Å². The van der Waals surface area contributed by atoms with Gasteiger partial charge in [-0.25, -0.2) is 4.79 Å². The van der Waals surface area contributed by atoms with Crippen molar-refractivity contribution in [2.24, 2.45) is 7.05 Å².